The minimum absolute atomic E-state index is 0.752. The van der Waals surface area contributed by atoms with Gasteiger partial charge in [-0.25, -0.2) is 0 Å². The lowest BCUT2D eigenvalue weighted by molar-refractivity contribution is 0.487. The molecule has 3 heteroatoms. The van der Waals surface area contributed by atoms with Crippen LogP contribution in [0.4, 0.5) is 0 Å². The Balaban J connectivity index is 1.75. The van der Waals surface area contributed by atoms with Crippen LogP contribution in [0.25, 0.3) is 0 Å². The molecule has 1 heterocycles. The molecule has 15 heavy (non-hydrogen) atoms. The largest absolute Gasteiger partial charge is 0.310 e. The van der Waals surface area contributed by atoms with Gasteiger partial charge >= 0.3 is 0 Å². The molecular weight excluding hydrogens is 186 g/mol. The molecule has 1 saturated carbocycles. The summed E-state index contributed by atoms with van der Waals surface area (Å²) in [6.07, 6.45) is 8.05. The van der Waals surface area contributed by atoms with Crippen LogP contribution in [-0.4, -0.2) is 15.8 Å². The Bertz CT molecular complexity index is 279. The molecule has 1 aromatic heterocycles. The molecule has 1 fully saturated rings. The first-order valence-corrected chi connectivity index (χ1v) is 5.99. The average Bonchev–Trinajstić information content (AvgIpc) is 2.92. The number of nitrogens with zero attached hydrogens (tertiary/aromatic N) is 2. The minimum Gasteiger partial charge on any atom is -0.310 e. The van der Waals surface area contributed by atoms with Crippen molar-refractivity contribution >= 4 is 0 Å². The highest BCUT2D eigenvalue weighted by Gasteiger charge is 2.20. The lowest BCUT2D eigenvalue weighted by atomic mass is 10.1. The third-order valence-electron chi connectivity index (χ3n) is 2.79. The summed E-state index contributed by atoms with van der Waals surface area (Å²) in [5, 5.41) is 7.86. The van der Waals surface area contributed by atoms with E-state index in [-0.39, 0.29) is 0 Å². The minimum atomic E-state index is 0.752. The highest BCUT2D eigenvalue weighted by molar-refractivity contribution is 5.04. The van der Waals surface area contributed by atoms with Crippen molar-refractivity contribution in [1.29, 1.82) is 0 Å². The van der Waals surface area contributed by atoms with Crippen molar-refractivity contribution < 1.29 is 0 Å². The van der Waals surface area contributed by atoms with Crippen molar-refractivity contribution in [3.8, 4) is 0 Å². The van der Waals surface area contributed by atoms with Crippen LogP contribution >= 0.6 is 0 Å². The fraction of sp³-hybridized carbons (Fsp3) is 0.750. The number of aryl methyl sites for hydroxylation is 1. The Morgan fingerprint density at radius 3 is 3.00 bits per heavy atom. The van der Waals surface area contributed by atoms with Crippen LogP contribution in [0.1, 0.15) is 38.7 Å². The summed E-state index contributed by atoms with van der Waals surface area (Å²) in [5.74, 6) is 0.752. The summed E-state index contributed by atoms with van der Waals surface area (Å²) < 4.78 is 2.06. The van der Waals surface area contributed by atoms with E-state index in [4.69, 9.17) is 0 Å². The predicted octanol–water partition coefficient (Wildman–Crippen LogP) is 2.18. The zero-order valence-corrected chi connectivity index (χ0v) is 9.74. The fourth-order valence-electron chi connectivity index (χ4n) is 1.56. The summed E-state index contributed by atoms with van der Waals surface area (Å²) in [6.45, 7) is 6.52. The standard InChI is InChI=1S/C12H21N3/c1-10(2)5-6-15-9-11(8-14-15)7-13-12-3-4-12/h8-10,12-13H,3-7H2,1-2H3. The molecule has 1 aliphatic carbocycles. The lowest BCUT2D eigenvalue weighted by Gasteiger charge is -2.03. The second-order valence-electron chi connectivity index (χ2n) is 4.95. The van der Waals surface area contributed by atoms with Gasteiger partial charge in [0.05, 0.1) is 6.20 Å². The predicted molar refractivity (Wildman–Crippen MR) is 61.5 cm³/mol. The zero-order valence-electron chi connectivity index (χ0n) is 9.74. The average molecular weight is 207 g/mol. The quantitative estimate of drug-likeness (QED) is 0.775. The number of nitrogens with one attached hydrogen (secondary N) is 1. The van der Waals surface area contributed by atoms with Gasteiger partial charge in [-0.15, -0.1) is 0 Å². The van der Waals surface area contributed by atoms with E-state index in [1.54, 1.807) is 0 Å². The van der Waals surface area contributed by atoms with Crippen LogP contribution in [0.15, 0.2) is 12.4 Å². The van der Waals surface area contributed by atoms with Crippen LogP contribution in [0.2, 0.25) is 0 Å². The molecule has 0 radical (unpaired) electrons. The molecule has 0 aromatic carbocycles. The normalized spacial score (nSPS) is 16.2. The van der Waals surface area contributed by atoms with Crippen molar-refractivity contribution in [3.63, 3.8) is 0 Å². The Hall–Kier alpha value is -0.830. The van der Waals surface area contributed by atoms with E-state index in [1.807, 2.05) is 6.20 Å². The molecular formula is C12H21N3. The smallest absolute Gasteiger partial charge is 0.0534 e. The van der Waals surface area contributed by atoms with E-state index < -0.39 is 0 Å². The SMILES string of the molecule is CC(C)CCn1cc(CNC2CC2)cn1. The van der Waals surface area contributed by atoms with Gasteiger partial charge in [0.25, 0.3) is 0 Å². The first-order chi connectivity index (χ1) is 7.24. The van der Waals surface area contributed by atoms with Gasteiger partial charge in [-0.05, 0) is 25.2 Å². The molecule has 3 nitrogen and oxygen atoms in total. The van der Waals surface area contributed by atoms with E-state index >= 15 is 0 Å². The van der Waals surface area contributed by atoms with E-state index in [1.165, 1.54) is 24.8 Å². The van der Waals surface area contributed by atoms with Gasteiger partial charge in [0, 0.05) is 30.9 Å². The second-order valence-corrected chi connectivity index (χ2v) is 4.95. The summed E-state index contributed by atoms with van der Waals surface area (Å²) in [5.41, 5.74) is 1.31. The van der Waals surface area contributed by atoms with Gasteiger partial charge in [-0.3, -0.25) is 4.68 Å². The monoisotopic (exact) mass is 207 g/mol. The molecule has 1 aromatic rings. The Morgan fingerprint density at radius 2 is 2.33 bits per heavy atom. The van der Waals surface area contributed by atoms with Crippen molar-refractivity contribution in [1.82, 2.24) is 15.1 Å². The molecule has 0 atom stereocenters. The van der Waals surface area contributed by atoms with Gasteiger partial charge in [0.15, 0.2) is 0 Å². The maximum absolute atomic E-state index is 4.36. The lowest BCUT2D eigenvalue weighted by Crippen LogP contribution is -2.14. The first-order valence-electron chi connectivity index (χ1n) is 5.99. The maximum Gasteiger partial charge on any atom is 0.0534 e. The van der Waals surface area contributed by atoms with E-state index in [0.29, 0.717) is 0 Å². The molecule has 0 bridgehead atoms. The Morgan fingerprint density at radius 1 is 1.53 bits per heavy atom. The molecule has 0 spiro atoms. The summed E-state index contributed by atoms with van der Waals surface area (Å²) in [7, 11) is 0. The van der Waals surface area contributed by atoms with Crippen LogP contribution in [0, 0.1) is 5.92 Å². The second kappa shape index (κ2) is 4.79. The van der Waals surface area contributed by atoms with Crippen molar-refractivity contribution in [2.75, 3.05) is 0 Å². The van der Waals surface area contributed by atoms with E-state index in [9.17, 15) is 0 Å². The summed E-state index contributed by atoms with van der Waals surface area (Å²) >= 11 is 0. The highest BCUT2D eigenvalue weighted by atomic mass is 15.3. The van der Waals surface area contributed by atoms with Gasteiger partial charge in [-0.1, -0.05) is 13.8 Å². The number of hydrogen-bond acceptors (Lipinski definition) is 2. The van der Waals surface area contributed by atoms with Gasteiger partial charge in [0.2, 0.25) is 0 Å². The topological polar surface area (TPSA) is 29.9 Å². The van der Waals surface area contributed by atoms with Crippen LogP contribution < -0.4 is 5.32 Å². The van der Waals surface area contributed by atoms with Crippen LogP contribution in [0.5, 0.6) is 0 Å². The van der Waals surface area contributed by atoms with Gasteiger partial charge in [0.1, 0.15) is 0 Å². The molecule has 0 unspecified atom stereocenters. The van der Waals surface area contributed by atoms with Crippen LogP contribution in [0.3, 0.4) is 0 Å². The molecule has 2 rings (SSSR count). The summed E-state index contributed by atoms with van der Waals surface area (Å²) in [4.78, 5) is 0. The molecule has 0 amide bonds. The molecule has 1 N–H and O–H groups in total. The third kappa shape index (κ3) is 3.67. The number of hydrogen-bond donors (Lipinski definition) is 1. The number of aromatic nitrogens is 2. The van der Waals surface area contributed by atoms with E-state index in [0.717, 1.165) is 25.0 Å². The Kier molecular flexibility index (Phi) is 3.41. The number of rotatable bonds is 6. The molecule has 84 valence electrons. The van der Waals surface area contributed by atoms with Crippen molar-refractivity contribution in [2.45, 2.75) is 52.2 Å². The van der Waals surface area contributed by atoms with Crippen molar-refractivity contribution in [2.24, 2.45) is 5.92 Å². The third-order valence-corrected chi connectivity index (χ3v) is 2.79. The summed E-state index contributed by atoms with van der Waals surface area (Å²) in [6, 6.07) is 0.781. The van der Waals surface area contributed by atoms with E-state index in [2.05, 4.69) is 35.1 Å². The Labute approximate surface area is 91.9 Å². The van der Waals surface area contributed by atoms with Crippen molar-refractivity contribution in [3.05, 3.63) is 18.0 Å². The van der Waals surface area contributed by atoms with Gasteiger partial charge in [-0.2, -0.15) is 5.10 Å². The first kappa shape index (κ1) is 10.7. The molecule has 0 aliphatic heterocycles. The molecule has 1 aliphatic rings. The molecule has 0 saturated heterocycles. The fourth-order valence-corrected chi connectivity index (χ4v) is 1.56. The van der Waals surface area contributed by atoms with Gasteiger partial charge < -0.3 is 5.32 Å². The maximum atomic E-state index is 4.36. The zero-order chi connectivity index (χ0) is 10.7. The highest BCUT2D eigenvalue weighted by Crippen LogP contribution is 2.19. The van der Waals surface area contributed by atoms with Crippen LogP contribution in [-0.2, 0) is 13.1 Å².